The summed E-state index contributed by atoms with van der Waals surface area (Å²) in [7, 11) is 0. The molecule has 0 radical (unpaired) electrons. The maximum absolute atomic E-state index is 9.30. The van der Waals surface area contributed by atoms with Crippen molar-refractivity contribution in [3.8, 4) is 17.5 Å². The van der Waals surface area contributed by atoms with Gasteiger partial charge in [0.1, 0.15) is 6.33 Å². The number of aliphatic hydroxyl groups is 1. The monoisotopic (exact) mass is 388 g/mol. The van der Waals surface area contributed by atoms with Gasteiger partial charge in [-0.25, -0.2) is 9.97 Å². The first-order valence-electron chi connectivity index (χ1n) is 9.30. The number of morpholine rings is 1. The molecule has 2 N–H and O–H groups in total. The van der Waals surface area contributed by atoms with Crippen molar-refractivity contribution in [3.63, 3.8) is 0 Å². The van der Waals surface area contributed by atoms with Crippen LogP contribution in [-0.4, -0.2) is 52.5 Å². The number of anilines is 3. The van der Waals surface area contributed by atoms with Crippen LogP contribution in [0.2, 0.25) is 0 Å². The van der Waals surface area contributed by atoms with Gasteiger partial charge in [-0.1, -0.05) is 12.1 Å². The van der Waals surface area contributed by atoms with Gasteiger partial charge in [0.15, 0.2) is 5.82 Å². The molecule has 0 spiro atoms. The SMILES string of the molecule is N#Cc1ccccc1-c1ncnc(Nc2ccc(N3CCOC(CO)C3)cc2)n1. The number of nitriles is 1. The molecule has 1 aliphatic rings. The number of hydrogen-bond donors (Lipinski definition) is 2. The molecular weight excluding hydrogens is 368 g/mol. The molecule has 0 bridgehead atoms. The van der Waals surface area contributed by atoms with Crippen molar-refractivity contribution in [2.75, 3.05) is 36.5 Å². The van der Waals surface area contributed by atoms with Gasteiger partial charge in [0.25, 0.3) is 0 Å². The minimum absolute atomic E-state index is 0.0206. The van der Waals surface area contributed by atoms with Gasteiger partial charge in [-0.15, -0.1) is 0 Å². The van der Waals surface area contributed by atoms with Crippen LogP contribution in [0.3, 0.4) is 0 Å². The summed E-state index contributed by atoms with van der Waals surface area (Å²) < 4.78 is 5.50. The molecule has 2 aromatic carbocycles. The van der Waals surface area contributed by atoms with Crippen LogP contribution in [0.25, 0.3) is 11.4 Å². The van der Waals surface area contributed by atoms with Crippen molar-refractivity contribution in [2.45, 2.75) is 6.10 Å². The van der Waals surface area contributed by atoms with E-state index in [4.69, 9.17) is 4.74 Å². The Morgan fingerprint density at radius 1 is 1.17 bits per heavy atom. The molecular formula is C21H20N6O2. The van der Waals surface area contributed by atoms with Crippen LogP contribution in [0.5, 0.6) is 0 Å². The molecule has 0 saturated carbocycles. The van der Waals surface area contributed by atoms with Gasteiger partial charge < -0.3 is 20.1 Å². The minimum atomic E-state index is -0.151. The largest absolute Gasteiger partial charge is 0.394 e. The van der Waals surface area contributed by atoms with E-state index in [1.54, 1.807) is 12.1 Å². The lowest BCUT2D eigenvalue weighted by Crippen LogP contribution is -2.44. The average molecular weight is 388 g/mol. The van der Waals surface area contributed by atoms with Crippen LogP contribution in [0.15, 0.2) is 54.9 Å². The predicted molar refractivity (Wildman–Crippen MR) is 109 cm³/mol. The summed E-state index contributed by atoms with van der Waals surface area (Å²) in [6.45, 7) is 2.08. The summed E-state index contributed by atoms with van der Waals surface area (Å²) >= 11 is 0. The van der Waals surface area contributed by atoms with Crippen LogP contribution in [0.4, 0.5) is 17.3 Å². The normalized spacial score (nSPS) is 16.3. The first-order valence-corrected chi connectivity index (χ1v) is 9.30. The minimum Gasteiger partial charge on any atom is -0.394 e. The first-order chi connectivity index (χ1) is 14.3. The van der Waals surface area contributed by atoms with Crippen LogP contribution in [0.1, 0.15) is 5.56 Å². The summed E-state index contributed by atoms with van der Waals surface area (Å²) in [6, 6.07) is 17.3. The number of aliphatic hydroxyl groups excluding tert-OH is 1. The first kappa shape index (κ1) is 18.8. The molecule has 1 unspecified atom stereocenters. The third-order valence-corrected chi connectivity index (χ3v) is 4.69. The molecule has 1 atom stereocenters. The molecule has 29 heavy (non-hydrogen) atoms. The number of ether oxygens (including phenoxy) is 1. The lowest BCUT2D eigenvalue weighted by atomic mass is 10.1. The fraction of sp³-hybridized carbons (Fsp3) is 0.238. The Morgan fingerprint density at radius 3 is 2.79 bits per heavy atom. The van der Waals surface area contributed by atoms with E-state index in [9.17, 15) is 10.4 Å². The van der Waals surface area contributed by atoms with Crippen molar-refractivity contribution in [2.24, 2.45) is 0 Å². The maximum Gasteiger partial charge on any atom is 0.230 e. The molecule has 146 valence electrons. The van der Waals surface area contributed by atoms with E-state index in [0.717, 1.165) is 17.9 Å². The van der Waals surface area contributed by atoms with Crippen molar-refractivity contribution in [3.05, 3.63) is 60.4 Å². The fourth-order valence-corrected chi connectivity index (χ4v) is 3.21. The molecule has 1 aliphatic heterocycles. The zero-order chi connectivity index (χ0) is 20.1. The molecule has 0 aliphatic carbocycles. The third kappa shape index (κ3) is 4.32. The van der Waals surface area contributed by atoms with E-state index in [-0.39, 0.29) is 12.7 Å². The summed E-state index contributed by atoms with van der Waals surface area (Å²) in [6.07, 6.45) is 1.28. The average Bonchev–Trinajstić information content (AvgIpc) is 2.80. The smallest absolute Gasteiger partial charge is 0.230 e. The molecule has 1 fully saturated rings. The molecule has 8 nitrogen and oxygen atoms in total. The van der Waals surface area contributed by atoms with Crippen LogP contribution < -0.4 is 10.2 Å². The number of hydrogen-bond acceptors (Lipinski definition) is 8. The number of nitrogens with zero attached hydrogens (tertiary/aromatic N) is 5. The van der Waals surface area contributed by atoms with Crippen LogP contribution >= 0.6 is 0 Å². The highest BCUT2D eigenvalue weighted by molar-refractivity contribution is 5.66. The molecule has 2 heterocycles. The Bertz CT molecular complexity index is 1020. The second-order valence-corrected chi connectivity index (χ2v) is 6.58. The fourth-order valence-electron chi connectivity index (χ4n) is 3.21. The van der Waals surface area contributed by atoms with Crippen molar-refractivity contribution >= 4 is 17.3 Å². The predicted octanol–water partition coefficient (Wildman–Crippen LogP) is 2.35. The summed E-state index contributed by atoms with van der Waals surface area (Å²) in [5.74, 6) is 0.849. The van der Waals surface area contributed by atoms with E-state index >= 15 is 0 Å². The van der Waals surface area contributed by atoms with Gasteiger partial charge in [-0.3, -0.25) is 0 Å². The van der Waals surface area contributed by atoms with Crippen molar-refractivity contribution < 1.29 is 9.84 Å². The zero-order valence-electron chi connectivity index (χ0n) is 15.7. The van der Waals surface area contributed by atoms with E-state index in [1.807, 2.05) is 36.4 Å². The lowest BCUT2D eigenvalue weighted by Gasteiger charge is -2.33. The summed E-state index contributed by atoms with van der Waals surface area (Å²) in [4.78, 5) is 15.0. The van der Waals surface area contributed by atoms with Gasteiger partial charge >= 0.3 is 0 Å². The topological polar surface area (TPSA) is 107 Å². The number of aromatic nitrogens is 3. The Balaban J connectivity index is 1.49. The van der Waals surface area contributed by atoms with E-state index in [1.165, 1.54) is 6.33 Å². The van der Waals surface area contributed by atoms with E-state index in [2.05, 4.69) is 31.2 Å². The van der Waals surface area contributed by atoms with Gasteiger partial charge in [-0.2, -0.15) is 10.2 Å². The zero-order valence-corrected chi connectivity index (χ0v) is 15.7. The molecule has 0 amide bonds. The Labute approximate surface area is 168 Å². The van der Waals surface area contributed by atoms with Crippen LogP contribution in [-0.2, 0) is 4.74 Å². The van der Waals surface area contributed by atoms with Crippen molar-refractivity contribution in [1.82, 2.24) is 15.0 Å². The number of rotatable bonds is 5. The summed E-state index contributed by atoms with van der Waals surface area (Å²) in [5.41, 5.74) is 3.09. The van der Waals surface area contributed by atoms with Gasteiger partial charge in [0.05, 0.1) is 31.0 Å². The number of benzene rings is 2. The molecule has 3 aromatic rings. The maximum atomic E-state index is 9.30. The second kappa shape index (κ2) is 8.65. The Kier molecular flexibility index (Phi) is 5.61. The van der Waals surface area contributed by atoms with Crippen LogP contribution in [0, 0.1) is 11.3 Å². The van der Waals surface area contributed by atoms with Gasteiger partial charge in [0, 0.05) is 30.0 Å². The Hall–Kier alpha value is -3.54. The molecule has 1 aromatic heterocycles. The second-order valence-electron chi connectivity index (χ2n) is 6.58. The molecule has 4 rings (SSSR count). The third-order valence-electron chi connectivity index (χ3n) is 4.69. The molecule has 8 heteroatoms. The highest BCUT2D eigenvalue weighted by Crippen LogP contribution is 2.23. The van der Waals surface area contributed by atoms with E-state index in [0.29, 0.717) is 36.1 Å². The quantitative estimate of drug-likeness (QED) is 0.686. The standard InChI is InChI=1S/C21H20N6O2/c22-11-15-3-1-2-4-19(15)20-23-14-24-21(26-20)25-16-5-7-17(8-6-16)27-9-10-29-18(12-27)13-28/h1-8,14,18,28H,9-10,12-13H2,(H,23,24,25,26). The lowest BCUT2D eigenvalue weighted by molar-refractivity contribution is 0.00357. The molecule has 1 saturated heterocycles. The highest BCUT2D eigenvalue weighted by atomic mass is 16.5. The Morgan fingerprint density at radius 2 is 2.00 bits per heavy atom. The van der Waals surface area contributed by atoms with Crippen molar-refractivity contribution in [1.29, 1.82) is 5.26 Å². The number of nitrogens with one attached hydrogen (secondary N) is 1. The highest BCUT2D eigenvalue weighted by Gasteiger charge is 2.19. The van der Waals surface area contributed by atoms with Gasteiger partial charge in [-0.05, 0) is 36.4 Å². The van der Waals surface area contributed by atoms with E-state index < -0.39 is 0 Å². The summed E-state index contributed by atoms with van der Waals surface area (Å²) in [5, 5.41) is 21.8. The van der Waals surface area contributed by atoms with Gasteiger partial charge in [0.2, 0.25) is 5.95 Å².